The largest absolute Gasteiger partial charge is 0.478 e. The molecule has 0 aliphatic heterocycles. The number of anilines is 1. The lowest BCUT2D eigenvalue weighted by atomic mass is 10.2. The third-order valence-electron chi connectivity index (χ3n) is 2.18. The fourth-order valence-electron chi connectivity index (χ4n) is 1.42. The van der Waals surface area contributed by atoms with Crippen LogP contribution in [-0.4, -0.2) is 28.5 Å². The zero-order valence-corrected chi connectivity index (χ0v) is 11.4. The van der Waals surface area contributed by atoms with E-state index >= 15 is 0 Å². The van der Waals surface area contributed by atoms with Crippen LogP contribution >= 0.6 is 11.6 Å². The van der Waals surface area contributed by atoms with E-state index in [1.807, 2.05) is 26.8 Å². The van der Waals surface area contributed by atoms with E-state index in [9.17, 15) is 0 Å². The summed E-state index contributed by atoms with van der Waals surface area (Å²) in [4.78, 5) is 8.56. The first kappa shape index (κ1) is 14.0. The fourth-order valence-corrected chi connectivity index (χ4v) is 1.58. The van der Waals surface area contributed by atoms with E-state index in [4.69, 9.17) is 16.3 Å². The van der Waals surface area contributed by atoms with E-state index in [0.29, 0.717) is 18.4 Å². The van der Waals surface area contributed by atoms with E-state index in [0.717, 1.165) is 25.1 Å². The second-order valence-electron chi connectivity index (χ2n) is 3.95. The molecule has 17 heavy (non-hydrogen) atoms. The van der Waals surface area contributed by atoms with Crippen LogP contribution in [0.15, 0.2) is 6.07 Å². The Hall–Kier alpha value is -1.03. The molecule has 1 heterocycles. The van der Waals surface area contributed by atoms with Crippen LogP contribution in [0.25, 0.3) is 0 Å². The molecular formula is C12H20ClN3O. The molecule has 1 unspecified atom stereocenters. The topological polar surface area (TPSA) is 47.0 Å². The summed E-state index contributed by atoms with van der Waals surface area (Å²) in [5, 5.41) is 3.40. The number of halogens is 1. The number of ether oxygens (including phenoxy) is 1. The summed E-state index contributed by atoms with van der Waals surface area (Å²) in [6.45, 7) is 7.30. The average molecular weight is 258 g/mol. The molecule has 5 heteroatoms. The number of hydrogen-bond acceptors (Lipinski definition) is 4. The van der Waals surface area contributed by atoms with Crippen LogP contribution in [0.4, 0.5) is 5.95 Å². The van der Waals surface area contributed by atoms with Crippen LogP contribution in [0.5, 0.6) is 5.88 Å². The second kappa shape index (κ2) is 7.33. The van der Waals surface area contributed by atoms with Gasteiger partial charge in [-0.3, -0.25) is 0 Å². The highest BCUT2D eigenvalue weighted by molar-refractivity contribution is 6.20. The molecule has 0 saturated heterocycles. The van der Waals surface area contributed by atoms with Gasteiger partial charge < -0.3 is 10.1 Å². The van der Waals surface area contributed by atoms with Gasteiger partial charge in [0.25, 0.3) is 0 Å². The van der Waals surface area contributed by atoms with Crippen molar-refractivity contribution in [3.05, 3.63) is 11.8 Å². The van der Waals surface area contributed by atoms with E-state index < -0.39 is 0 Å². The molecule has 0 radical (unpaired) electrons. The fraction of sp³-hybridized carbons (Fsp3) is 0.667. The van der Waals surface area contributed by atoms with E-state index in [1.54, 1.807) is 0 Å². The Balaban J connectivity index is 2.46. The number of hydrogen-bond donors (Lipinski definition) is 1. The lowest BCUT2D eigenvalue weighted by Gasteiger charge is -2.08. The minimum atomic E-state index is 0.217. The number of nitrogens with one attached hydrogen (secondary N) is 1. The van der Waals surface area contributed by atoms with Gasteiger partial charge in [0.1, 0.15) is 0 Å². The van der Waals surface area contributed by atoms with Crippen molar-refractivity contribution in [1.82, 2.24) is 9.97 Å². The van der Waals surface area contributed by atoms with Gasteiger partial charge in [0.05, 0.1) is 6.61 Å². The summed E-state index contributed by atoms with van der Waals surface area (Å²) in [5.41, 5.74) is 0.900. The molecule has 1 aromatic heterocycles. The monoisotopic (exact) mass is 257 g/mol. The van der Waals surface area contributed by atoms with Gasteiger partial charge in [0, 0.05) is 23.7 Å². The molecule has 0 amide bonds. The molecule has 0 bridgehead atoms. The van der Waals surface area contributed by atoms with Gasteiger partial charge in [-0.05, 0) is 33.6 Å². The average Bonchev–Trinajstić information content (AvgIpc) is 2.24. The Morgan fingerprint density at radius 1 is 1.47 bits per heavy atom. The smallest absolute Gasteiger partial charge is 0.226 e. The molecule has 0 aromatic carbocycles. The third-order valence-corrected chi connectivity index (χ3v) is 2.40. The normalized spacial score (nSPS) is 12.2. The first-order valence-corrected chi connectivity index (χ1v) is 6.42. The Morgan fingerprint density at radius 3 is 2.88 bits per heavy atom. The Labute approximate surface area is 108 Å². The van der Waals surface area contributed by atoms with Crippen molar-refractivity contribution in [3.63, 3.8) is 0 Å². The third kappa shape index (κ3) is 5.73. The highest BCUT2D eigenvalue weighted by Crippen LogP contribution is 2.12. The van der Waals surface area contributed by atoms with Crippen molar-refractivity contribution in [2.75, 3.05) is 18.5 Å². The maximum Gasteiger partial charge on any atom is 0.226 e. The molecule has 0 aliphatic carbocycles. The van der Waals surface area contributed by atoms with E-state index in [1.165, 1.54) is 0 Å². The standard InChI is InChI=1S/C12H20ClN3O/c1-4-17-11-8-10(3)15-12(16-11)14-7-5-6-9(2)13/h8-9H,4-7H2,1-3H3,(H,14,15,16). The molecule has 0 aliphatic rings. The van der Waals surface area contributed by atoms with Gasteiger partial charge in [0.2, 0.25) is 11.8 Å². The van der Waals surface area contributed by atoms with E-state index in [-0.39, 0.29) is 5.38 Å². The highest BCUT2D eigenvalue weighted by atomic mass is 35.5. The number of aromatic nitrogens is 2. The van der Waals surface area contributed by atoms with Crippen molar-refractivity contribution < 1.29 is 4.74 Å². The van der Waals surface area contributed by atoms with Crippen molar-refractivity contribution in [2.45, 2.75) is 39.0 Å². The predicted octanol–water partition coefficient (Wildman–Crippen LogP) is 3.00. The van der Waals surface area contributed by atoms with Crippen LogP contribution < -0.4 is 10.1 Å². The molecule has 1 rings (SSSR count). The van der Waals surface area contributed by atoms with Crippen molar-refractivity contribution >= 4 is 17.5 Å². The van der Waals surface area contributed by atoms with Gasteiger partial charge in [-0.2, -0.15) is 4.98 Å². The Morgan fingerprint density at radius 2 is 2.24 bits per heavy atom. The van der Waals surface area contributed by atoms with Gasteiger partial charge in [0.15, 0.2) is 0 Å². The summed E-state index contributed by atoms with van der Waals surface area (Å²) in [7, 11) is 0. The maximum absolute atomic E-state index is 5.87. The summed E-state index contributed by atoms with van der Waals surface area (Å²) in [5.74, 6) is 1.24. The summed E-state index contributed by atoms with van der Waals surface area (Å²) in [6, 6.07) is 1.83. The van der Waals surface area contributed by atoms with Crippen LogP contribution in [0, 0.1) is 6.92 Å². The minimum absolute atomic E-state index is 0.217. The van der Waals surface area contributed by atoms with Crippen molar-refractivity contribution in [1.29, 1.82) is 0 Å². The van der Waals surface area contributed by atoms with Crippen molar-refractivity contribution in [3.8, 4) is 5.88 Å². The molecular weight excluding hydrogens is 238 g/mol. The van der Waals surface area contributed by atoms with Gasteiger partial charge in [-0.25, -0.2) is 4.98 Å². The molecule has 1 aromatic rings. The first-order chi connectivity index (χ1) is 8.11. The van der Waals surface area contributed by atoms with Crippen LogP contribution in [0.3, 0.4) is 0 Å². The lowest BCUT2D eigenvalue weighted by Crippen LogP contribution is -2.08. The number of rotatable bonds is 7. The number of aryl methyl sites for hydroxylation is 1. The van der Waals surface area contributed by atoms with Crippen LogP contribution in [0.1, 0.15) is 32.4 Å². The maximum atomic E-state index is 5.87. The highest BCUT2D eigenvalue weighted by Gasteiger charge is 2.02. The lowest BCUT2D eigenvalue weighted by molar-refractivity contribution is 0.326. The van der Waals surface area contributed by atoms with Crippen LogP contribution in [0.2, 0.25) is 0 Å². The van der Waals surface area contributed by atoms with Crippen molar-refractivity contribution in [2.24, 2.45) is 0 Å². The molecule has 96 valence electrons. The number of alkyl halides is 1. The summed E-state index contributed by atoms with van der Waals surface area (Å²) < 4.78 is 5.36. The predicted molar refractivity (Wildman–Crippen MR) is 71.0 cm³/mol. The zero-order valence-electron chi connectivity index (χ0n) is 10.7. The molecule has 4 nitrogen and oxygen atoms in total. The number of nitrogens with zero attached hydrogens (tertiary/aromatic N) is 2. The molecule has 1 atom stereocenters. The quantitative estimate of drug-likeness (QED) is 0.603. The second-order valence-corrected chi connectivity index (χ2v) is 4.70. The Kier molecular flexibility index (Phi) is 6.05. The van der Waals surface area contributed by atoms with Crippen LogP contribution in [-0.2, 0) is 0 Å². The zero-order chi connectivity index (χ0) is 12.7. The first-order valence-electron chi connectivity index (χ1n) is 5.98. The molecule has 1 N–H and O–H groups in total. The van der Waals surface area contributed by atoms with Gasteiger partial charge in [-0.15, -0.1) is 11.6 Å². The molecule has 0 fully saturated rings. The summed E-state index contributed by atoms with van der Waals surface area (Å²) >= 11 is 5.87. The minimum Gasteiger partial charge on any atom is -0.478 e. The summed E-state index contributed by atoms with van der Waals surface area (Å²) in [6.07, 6.45) is 1.99. The van der Waals surface area contributed by atoms with Gasteiger partial charge >= 0.3 is 0 Å². The molecule has 0 spiro atoms. The van der Waals surface area contributed by atoms with Gasteiger partial charge in [-0.1, -0.05) is 0 Å². The van der Waals surface area contributed by atoms with E-state index in [2.05, 4.69) is 15.3 Å². The molecule has 0 saturated carbocycles. The SMILES string of the molecule is CCOc1cc(C)nc(NCCCC(C)Cl)n1. The Bertz CT molecular complexity index is 345.